The molecule has 3 rings (SSSR count). The predicted molar refractivity (Wildman–Crippen MR) is 127 cm³/mol. The van der Waals surface area contributed by atoms with E-state index in [0.717, 1.165) is 11.6 Å². The highest BCUT2D eigenvalue weighted by Gasteiger charge is 2.19. The summed E-state index contributed by atoms with van der Waals surface area (Å²) < 4.78 is 23.4. The van der Waals surface area contributed by atoms with E-state index in [4.69, 9.17) is 9.47 Å². The van der Waals surface area contributed by atoms with Crippen LogP contribution in [0.3, 0.4) is 0 Å². The number of nitro groups is 1. The highest BCUT2D eigenvalue weighted by Crippen LogP contribution is 2.28. The van der Waals surface area contributed by atoms with Crippen LogP contribution in [0.2, 0.25) is 0 Å². The van der Waals surface area contributed by atoms with Crippen LogP contribution in [0.5, 0.6) is 11.5 Å². The molecule has 0 saturated carbocycles. The lowest BCUT2D eigenvalue weighted by atomic mass is 10.1. The molecule has 0 unspecified atom stereocenters. The van der Waals surface area contributed by atoms with Crippen LogP contribution in [-0.4, -0.2) is 37.5 Å². The van der Waals surface area contributed by atoms with Crippen LogP contribution in [0.15, 0.2) is 60.7 Å². The molecule has 0 fully saturated rings. The molecule has 3 aromatic carbocycles. The zero-order chi connectivity index (χ0) is 25.4. The number of carbonyl (C=O) groups excluding carboxylic acids is 2. The molecular weight excluding hydrogens is 459 g/mol. The minimum atomic E-state index is -0.682. The summed E-state index contributed by atoms with van der Waals surface area (Å²) in [5.41, 5.74) is 0.787. The van der Waals surface area contributed by atoms with Crippen LogP contribution in [0.1, 0.15) is 15.9 Å². The smallest absolute Gasteiger partial charge is 0.270 e. The Morgan fingerprint density at radius 1 is 0.943 bits per heavy atom. The lowest BCUT2D eigenvalue weighted by molar-refractivity contribution is -0.384. The van der Waals surface area contributed by atoms with Gasteiger partial charge in [0.15, 0.2) is 0 Å². The number of hydrogen-bond acceptors (Lipinski definition) is 7. The third kappa shape index (κ3) is 6.98. The van der Waals surface area contributed by atoms with E-state index in [1.54, 1.807) is 30.3 Å². The van der Waals surface area contributed by atoms with E-state index in [1.807, 2.05) is 0 Å². The molecule has 0 atom stereocenters. The number of rotatable bonds is 10. The molecule has 0 aliphatic rings. The summed E-state index contributed by atoms with van der Waals surface area (Å²) in [6.45, 7) is 0.210. The average molecular weight is 482 g/mol. The highest BCUT2D eigenvalue weighted by molar-refractivity contribution is 6.10. The number of carbonyl (C=O) groups is 2. The van der Waals surface area contributed by atoms with Gasteiger partial charge in [-0.2, -0.15) is 0 Å². The third-order valence-electron chi connectivity index (χ3n) is 4.87. The van der Waals surface area contributed by atoms with Gasteiger partial charge in [-0.1, -0.05) is 12.1 Å². The molecule has 0 radical (unpaired) electrons. The second kappa shape index (κ2) is 11.6. The highest BCUT2D eigenvalue weighted by atomic mass is 19.1. The van der Waals surface area contributed by atoms with Crippen molar-refractivity contribution in [3.05, 3.63) is 87.7 Å². The minimum absolute atomic E-state index is 0.0940. The molecule has 3 N–H and O–H groups in total. The van der Waals surface area contributed by atoms with Gasteiger partial charge in [-0.25, -0.2) is 4.39 Å². The lowest BCUT2D eigenvalue weighted by Gasteiger charge is -2.13. The topological polar surface area (TPSA) is 132 Å². The van der Waals surface area contributed by atoms with Gasteiger partial charge in [0.25, 0.3) is 11.6 Å². The lowest BCUT2D eigenvalue weighted by Crippen LogP contribution is -2.28. The number of anilines is 2. The maximum atomic E-state index is 13.0. The Hall–Kier alpha value is -4.51. The number of benzene rings is 3. The average Bonchev–Trinajstić information content (AvgIpc) is 2.85. The van der Waals surface area contributed by atoms with Crippen LogP contribution < -0.4 is 25.4 Å². The van der Waals surface area contributed by atoms with Crippen molar-refractivity contribution in [1.82, 2.24) is 5.32 Å². The molecule has 0 aromatic heterocycles. The molecule has 0 spiro atoms. The second-order valence-electron chi connectivity index (χ2n) is 7.32. The number of methoxy groups -OCH3 is 2. The number of hydrogen-bond donors (Lipinski definition) is 3. The molecule has 0 aliphatic heterocycles. The summed E-state index contributed by atoms with van der Waals surface area (Å²) in [6.07, 6.45) is 0. The maximum absolute atomic E-state index is 13.0. The van der Waals surface area contributed by atoms with Crippen LogP contribution in [0.4, 0.5) is 21.5 Å². The van der Waals surface area contributed by atoms with Crippen molar-refractivity contribution < 1.29 is 28.4 Å². The Labute approximate surface area is 200 Å². The maximum Gasteiger partial charge on any atom is 0.270 e. The molecule has 10 nitrogen and oxygen atoms in total. The van der Waals surface area contributed by atoms with Crippen LogP contribution in [0, 0.1) is 15.9 Å². The molecule has 0 saturated heterocycles. The number of amides is 2. The SMILES string of the molecule is COc1cc(NC(=O)c2cc([N+](=O)[O-])ccc2NC(=O)CNCc2ccc(F)cc2)cc(OC)c1. The van der Waals surface area contributed by atoms with Gasteiger partial charge in [0.1, 0.15) is 17.3 Å². The van der Waals surface area contributed by atoms with E-state index in [1.165, 1.54) is 38.5 Å². The second-order valence-corrected chi connectivity index (χ2v) is 7.32. The number of non-ortho nitro benzene ring substituents is 1. The number of nitrogens with one attached hydrogen (secondary N) is 3. The number of ether oxygens (including phenoxy) is 2. The zero-order valence-electron chi connectivity index (χ0n) is 19.0. The van der Waals surface area contributed by atoms with E-state index in [2.05, 4.69) is 16.0 Å². The fourth-order valence-electron chi connectivity index (χ4n) is 3.14. The first-order valence-corrected chi connectivity index (χ1v) is 10.4. The third-order valence-corrected chi connectivity index (χ3v) is 4.87. The first-order chi connectivity index (χ1) is 16.8. The minimum Gasteiger partial charge on any atom is -0.497 e. The molecule has 2 amide bonds. The summed E-state index contributed by atoms with van der Waals surface area (Å²) in [5.74, 6) is -0.654. The Kier molecular flexibility index (Phi) is 8.30. The summed E-state index contributed by atoms with van der Waals surface area (Å²) in [7, 11) is 2.91. The standard InChI is InChI=1S/C24H23FN4O6/c1-34-19-9-17(10-20(12-19)35-2)27-24(31)21-11-18(29(32)33)7-8-22(21)28-23(30)14-26-13-15-3-5-16(25)6-4-15/h3-12,26H,13-14H2,1-2H3,(H,27,31)(H,28,30). The van der Waals surface area contributed by atoms with Crippen LogP contribution in [0.25, 0.3) is 0 Å². The van der Waals surface area contributed by atoms with E-state index >= 15 is 0 Å². The first kappa shape index (κ1) is 25.1. The van der Waals surface area contributed by atoms with Crippen molar-refractivity contribution in [3.8, 4) is 11.5 Å². The van der Waals surface area contributed by atoms with Gasteiger partial charge in [-0.05, 0) is 23.8 Å². The summed E-state index contributed by atoms with van der Waals surface area (Å²) in [6, 6.07) is 14.1. The zero-order valence-corrected chi connectivity index (χ0v) is 19.0. The fraction of sp³-hybridized carbons (Fsp3) is 0.167. The summed E-state index contributed by atoms with van der Waals surface area (Å²) >= 11 is 0. The molecule has 0 aliphatic carbocycles. The summed E-state index contributed by atoms with van der Waals surface area (Å²) in [5, 5.41) is 19.4. The van der Waals surface area contributed by atoms with Crippen molar-refractivity contribution in [1.29, 1.82) is 0 Å². The van der Waals surface area contributed by atoms with Gasteiger partial charge in [0.05, 0.1) is 36.9 Å². The largest absolute Gasteiger partial charge is 0.497 e. The van der Waals surface area contributed by atoms with Crippen molar-refractivity contribution in [2.45, 2.75) is 6.54 Å². The molecule has 35 heavy (non-hydrogen) atoms. The quantitative estimate of drug-likeness (QED) is 0.296. The fourth-order valence-corrected chi connectivity index (χ4v) is 3.14. The molecule has 11 heteroatoms. The predicted octanol–water partition coefficient (Wildman–Crippen LogP) is 3.73. The van der Waals surface area contributed by atoms with Gasteiger partial charge in [0.2, 0.25) is 5.91 Å². The molecular formula is C24H23FN4O6. The molecule has 182 valence electrons. The number of nitro benzene ring substituents is 1. The van der Waals surface area contributed by atoms with Crippen molar-refractivity contribution in [2.75, 3.05) is 31.4 Å². The van der Waals surface area contributed by atoms with Gasteiger partial charge < -0.3 is 25.4 Å². The van der Waals surface area contributed by atoms with E-state index in [0.29, 0.717) is 23.7 Å². The van der Waals surface area contributed by atoms with E-state index in [-0.39, 0.29) is 29.3 Å². The van der Waals surface area contributed by atoms with Gasteiger partial charge >= 0.3 is 0 Å². The van der Waals surface area contributed by atoms with Crippen LogP contribution in [-0.2, 0) is 11.3 Å². The Morgan fingerprint density at radius 3 is 2.20 bits per heavy atom. The first-order valence-electron chi connectivity index (χ1n) is 10.4. The van der Waals surface area contributed by atoms with E-state index in [9.17, 15) is 24.1 Å². The number of nitrogens with zero attached hydrogens (tertiary/aromatic N) is 1. The van der Waals surface area contributed by atoms with Crippen molar-refractivity contribution >= 4 is 28.9 Å². The van der Waals surface area contributed by atoms with Gasteiger partial charge in [0, 0.05) is 42.6 Å². The van der Waals surface area contributed by atoms with Gasteiger partial charge in [-0.15, -0.1) is 0 Å². The number of halogens is 1. The van der Waals surface area contributed by atoms with Gasteiger partial charge in [-0.3, -0.25) is 19.7 Å². The molecule has 0 heterocycles. The van der Waals surface area contributed by atoms with Crippen molar-refractivity contribution in [3.63, 3.8) is 0 Å². The Morgan fingerprint density at radius 2 is 1.60 bits per heavy atom. The van der Waals surface area contributed by atoms with Crippen LogP contribution >= 0.6 is 0 Å². The van der Waals surface area contributed by atoms with E-state index < -0.39 is 16.7 Å². The normalized spacial score (nSPS) is 10.4. The molecule has 0 bridgehead atoms. The Bertz CT molecular complexity index is 1210. The molecule has 3 aromatic rings. The summed E-state index contributed by atoms with van der Waals surface area (Å²) in [4.78, 5) is 36.1. The monoisotopic (exact) mass is 482 g/mol. The Balaban J connectivity index is 1.74. The van der Waals surface area contributed by atoms with Crippen molar-refractivity contribution in [2.24, 2.45) is 0 Å².